The summed E-state index contributed by atoms with van der Waals surface area (Å²) >= 11 is 0. The van der Waals surface area contributed by atoms with Crippen molar-refractivity contribution in [1.29, 1.82) is 0 Å². The van der Waals surface area contributed by atoms with Crippen LogP contribution in [0.2, 0.25) is 0 Å². The normalized spacial score (nSPS) is 24.2. The third-order valence-corrected chi connectivity index (χ3v) is 5.12. The number of nitrogens with zero attached hydrogens (tertiary/aromatic N) is 1. The maximum absolute atomic E-state index is 12.1. The molecule has 126 valence electrons. The molecule has 1 heterocycles. The Bertz CT molecular complexity index is 531. The van der Waals surface area contributed by atoms with E-state index in [1.165, 1.54) is 37.1 Å². The number of piperidine rings is 1. The van der Waals surface area contributed by atoms with Gasteiger partial charge in [-0.3, -0.25) is 0 Å². The molecule has 0 aromatic heterocycles. The maximum atomic E-state index is 12.1. The van der Waals surface area contributed by atoms with Crippen LogP contribution >= 0.6 is 0 Å². The lowest BCUT2D eigenvalue weighted by Crippen LogP contribution is -2.40. The summed E-state index contributed by atoms with van der Waals surface area (Å²) in [4.78, 5) is 14.6. The molecule has 1 aliphatic heterocycles. The predicted octanol–water partition coefficient (Wildman–Crippen LogP) is 3.10. The summed E-state index contributed by atoms with van der Waals surface area (Å²) in [5.74, 6) is 0.822. The van der Waals surface area contributed by atoms with Crippen molar-refractivity contribution in [3.63, 3.8) is 0 Å². The lowest BCUT2D eigenvalue weighted by atomic mass is 10.0. The van der Waals surface area contributed by atoms with E-state index in [0.29, 0.717) is 0 Å². The first-order valence-corrected chi connectivity index (χ1v) is 9.07. The van der Waals surface area contributed by atoms with Gasteiger partial charge in [-0.15, -0.1) is 0 Å². The molecule has 4 heteroatoms. The number of benzene rings is 1. The van der Waals surface area contributed by atoms with Crippen LogP contribution in [-0.4, -0.2) is 37.1 Å². The summed E-state index contributed by atoms with van der Waals surface area (Å²) in [6, 6.07) is 8.56. The van der Waals surface area contributed by atoms with Crippen molar-refractivity contribution in [3.8, 4) is 0 Å². The van der Waals surface area contributed by atoms with Crippen molar-refractivity contribution < 1.29 is 4.79 Å². The third kappa shape index (κ3) is 4.47. The molecule has 2 amide bonds. The van der Waals surface area contributed by atoms with E-state index >= 15 is 0 Å². The van der Waals surface area contributed by atoms with Gasteiger partial charge >= 0.3 is 6.03 Å². The van der Waals surface area contributed by atoms with Crippen LogP contribution in [0.15, 0.2) is 24.3 Å². The van der Waals surface area contributed by atoms with Crippen molar-refractivity contribution in [3.05, 3.63) is 35.4 Å². The number of urea groups is 1. The monoisotopic (exact) mass is 315 g/mol. The van der Waals surface area contributed by atoms with Crippen molar-refractivity contribution >= 4 is 6.03 Å². The molecule has 1 aliphatic carbocycles. The van der Waals surface area contributed by atoms with Crippen LogP contribution in [-0.2, 0) is 6.42 Å². The zero-order chi connectivity index (χ0) is 16.1. The smallest absolute Gasteiger partial charge is 0.315 e. The second-order valence-electron chi connectivity index (χ2n) is 7.09. The molecule has 4 nitrogen and oxygen atoms in total. The van der Waals surface area contributed by atoms with Crippen LogP contribution in [0.3, 0.4) is 0 Å². The Morgan fingerprint density at radius 2 is 2.17 bits per heavy atom. The highest BCUT2D eigenvalue weighted by Crippen LogP contribution is 2.30. The van der Waals surface area contributed by atoms with Crippen LogP contribution in [0.1, 0.15) is 49.8 Å². The van der Waals surface area contributed by atoms with Crippen molar-refractivity contribution in [2.24, 2.45) is 5.92 Å². The quantitative estimate of drug-likeness (QED) is 0.820. The first-order valence-electron chi connectivity index (χ1n) is 9.07. The van der Waals surface area contributed by atoms with Gasteiger partial charge in [0, 0.05) is 13.1 Å². The zero-order valence-electron chi connectivity index (χ0n) is 14.2. The molecule has 3 rings (SSSR count). The average molecular weight is 315 g/mol. The highest BCUT2D eigenvalue weighted by Gasteiger charge is 2.23. The van der Waals surface area contributed by atoms with Gasteiger partial charge in [0.25, 0.3) is 0 Å². The number of nitrogens with one attached hydrogen (secondary N) is 2. The standard InChI is InChI=1S/C19H29N3O/c1-15-6-4-12-22(14-15)13-5-11-20-19(23)21-18-10-9-16-7-2-3-8-17(16)18/h2-3,7-8,15,18H,4-6,9-14H2,1H3,(H2,20,21,23)/t15-,18-/m0/s1. The number of carbonyl (C=O) groups excluding carboxylic acids is 1. The van der Waals surface area contributed by atoms with E-state index in [1.807, 2.05) is 0 Å². The number of aryl methyl sites for hydroxylation is 1. The van der Waals surface area contributed by atoms with Gasteiger partial charge in [0.1, 0.15) is 0 Å². The number of hydrogen-bond acceptors (Lipinski definition) is 2. The molecule has 1 aromatic rings. The van der Waals surface area contributed by atoms with Gasteiger partial charge in [0.15, 0.2) is 0 Å². The van der Waals surface area contributed by atoms with Crippen molar-refractivity contribution in [2.45, 2.75) is 45.1 Å². The Balaban J connectivity index is 1.34. The minimum atomic E-state index is -0.0290. The molecule has 23 heavy (non-hydrogen) atoms. The van der Waals surface area contributed by atoms with Crippen LogP contribution in [0.5, 0.6) is 0 Å². The van der Waals surface area contributed by atoms with Crippen molar-refractivity contribution in [1.82, 2.24) is 15.5 Å². The fourth-order valence-electron chi connectivity index (χ4n) is 3.91. The van der Waals surface area contributed by atoms with Gasteiger partial charge in [-0.2, -0.15) is 0 Å². The van der Waals surface area contributed by atoms with Gasteiger partial charge < -0.3 is 15.5 Å². The molecule has 0 spiro atoms. The third-order valence-electron chi connectivity index (χ3n) is 5.12. The molecular formula is C19H29N3O. The Labute approximate surface area is 139 Å². The van der Waals surface area contributed by atoms with Crippen LogP contribution in [0.4, 0.5) is 4.79 Å². The zero-order valence-corrected chi connectivity index (χ0v) is 14.2. The molecule has 1 aromatic carbocycles. The Morgan fingerprint density at radius 3 is 3.04 bits per heavy atom. The van der Waals surface area contributed by atoms with Crippen molar-refractivity contribution in [2.75, 3.05) is 26.2 Å². The number of amides is 2. The lowest BCUT2D eigenvalue weighted by molar-refractivity contribution is 0.181. The Kier molecular flexibility index (Phi) is 5.55. The largest absolute Gasteiger partial charge is 0.338 e. The minimum Gasteiger partial charge on any atom is -0.338 e. The van der Waals surface area contributed by atoms with E-state index in [2.05, 4.69) is 46.7 Å². The Morgan fingerprint density at radius 1 is 1.30 bits per heavy atom. The fraction of sp³-hybridized carbons (Fsp3) is 0.632. The first-order chi connectivity index (χ1) is 11.2. The maximum Gasteiger partial charge on any atom is 0.315 e. The van der Waals surface area contributed by atoms with Gasteiger partial charge in [-0.25, -0.2) is 4.79 Å². The molecule has 1 fully saturated rings. The van der Waals surface area contributed by atoms with Gasteiger partial charge in [-0.05, 0) is 62.2 Å². The average Bonchev–Trinajstić information content (AvgIpc) is 2.95. The van der Waals surface area contributed by atoms with Crippen LogP contribution in [0, 0.1) is 5.92 Å². The lowest BCUT2D eigenvalue weighted by Gasteiger charge is -2.30. The van der Waals surface area contributed by atoms with E-state index in [9.17, 15) is 4.79 Å². The highest BCUT2D eigenvalue weighted by atomic mass is 16.2. The number of rotatable bonds is 5. The van der Waals surface area contributed by atoms with E-state index in [0.717, 1.165) is 38.3 Å². The summed E-state index contributed by atoms with van der Waals surface area (Å²) < 4.78 is 0. The second kappa shape index (κ2) is 7.82. The molecule has 0 radical (unpaired) electrons. The number of hydrogen-bond donors (Lipinski definition) is 2. The van der Waals surface area contributed by atoms with Gasteiger partial charge in [0.2, 0.25) is 0 Å². The number of fused-ring (bicyclic) bond motifs is 1. The molecule has 2 atom stereocenters. The first kappa shape index (κ1) is 16.3. The van der Waals surface area contributed by atoms with E-state index in [-0.39, 0.29) is 12.1 Å². The van der Waals surface area contributed by atoms with E-state index in [4.69, 9.17) is 0 Å². The van der Waals surface area contributed by atoms with E-state index in [1.54, 1.807) is 0 Å². The number of likely N-dealkylation sites (tertiary alicyclic amines) is 1. The SMILES string of the molecule is C[C@H]1CCCN(CCCNC(=O)N[C@H]2CCc3ccccc32)C1. The summed E-state index contributed by atoms with van der Waals surface area (Å²) in [7, 11) is 0. The summed E-state index contributed by atoms with van der Waals surface area (Å²) in [6.45, 7) is 6.61. The van der Waals surface area contributed by atoms with Gasteiger partial charge in [0.05, 0.1) is 6.04 Å². The molecule has 2 aliphatic rings. The molecule has 1 saturated heterocycles. The molecule has 0 unspecified atom stereocenters. The van der Waals surface area contributed by atoms with Crippen LogP contribution < -0.4 is 10.6 Å². The molecule has 2 N–H and O–H groups in total. The summed E-state index contributed by atoms with van der Waals surface area (Å²) in [6.07, 6.45) is 5.78. The molecule has 0 bridgehead atoms. The van der Waals surface area contributed by atoms with Gasteiger partial charge in [-0.1, -0.05) is 31.2 Å². The number of carbonyl (C=O) groups is 1. The Hall–Kier alpha value is -1.55. The summed E-state index contributed by atoms with van der Waals surface area (Å²) in [5, 5.41) is 6.13. The minimum absolute atomic E-state index is 0.0290. The molecular weight excluding hydrogens is 286 g/mol. The fourth-order valence-corrected chi connectivity index (χ4v) is 3.91. The molecule has 0 saturated carbocycles. The second-order valence-corrected chi connectivity index (χ2v) is 7.09. The highest BCUT2D eigenvalue weighted by molar-refractivity contribution is 5.74. The predicted molar refractivity (Wildman–Crippen MR) is 93.5 cm³/mol. The van der Waals surface area contributed by atoms with Crippen LogP contribution in [0.25, 0.3) is 0 Å². The van der Waals surface area contributed by atoms with E-state index < -0.39 is 0 Å². The topological polar surface area (TPSA) is 44.4 Å². The summed E-state index contributed by atoms with van der Waals surface area (Å²) in [5.41, 5.74) is 2.65.